The topological polar surface area (TPSA) is 49.6 Å². The van der Waals surface area contributed by atoms with E-state index in [0.717, 1.165) is 44.0 Å². The molecule has 5 nitrogen and oxygen atoms in total. The van der Waals surface area contributed by atoms with Crippen molar-refractivity contribution in [1.82, 2.24) is 14.8 Å². The smallest absolute Gasteiger partial charge is 0.223 e. The van der Waals surface area contributed by atoms with E-state index in [1.807, 2.05) is 17.0 Å². The lowest BCUT2D eigenvalue weighted by Crippen LogP contribution is -2.48. The van der Waals surface area contributed by atoms with E-state index in [9.17, 15) is 4.79 Å². The van der Waals surface area contributed by atoms with Crippen LogP contribution in [-0.4, -0.2) is 46.9 Å². The van der Waals surface area contributed by atoms with Gasteiger partial charge in [-0.3, -0.25) is 9.69 Å². The first-order valence-corrected chi connectivity index (χ1v) is 10.6. The van der Waals surface area contributed by atoms with Gasteiger partial charge >= 0.3 is 0 Å². The third-order valence-corrected chi connectivity index (χ3v) is 5.99. The third kappa shape index (κ3) is 4.69. The number of hydrogen-bond donors (Lipinski definition) is 0. The largest absolute Gasteiger partial charge is 0.441 e. The van der Waals surface area contributed by atoms with E-state index in [-0.39, 0.29) is 5.91 Å². The van der Waals surface area contributed by atoms with Gasteiger partial charge in [-0.15, -0.1) is 11.3 Å². The SMILES string of the molecule is Cc1ccc(-c2cnc(CCC(=O)N3CCN(Cc4cccs4)CC3)o2)cc1. The Morgan fingerprint density at radius 2 is 1.93 bits per heavy atom. The zero-order valence-corrected chi connectivity index (χ0v) is 17.0. The lowest BCUT2D eigenvalue weighted by molar-refractivity contribution is -0.133. The highest BCUT2D eigenvalue weighted by atomic mass is 32.1. The molecule has 0 saturated carbocycles. The third-order valence-electron chi connectivity index (χ3n) is 5.13. The van der Waals surface area contributed by atoms with Crippen LogP contribution in [0.5, 0.6) is 0 Å². The summed E-state index contributed by atoms with van der Waals surface area (Å²) in [6.45, 7) is 6.50. The Labute approximate surface area is 169 Å². The fourth-order valence-corrected chi connectivity index (χ4v) is 4.17. The highest BCUT2D eigenvalue weighted by molar-refractivity contribution is 7.09. The Hall–Kier alpha value is -2.44. The maximum absolute atomic E-state index is 12.5. The molecule has 1 aliphatic heterocycles. The molecule has 1 aromatic carbocycles. The Morgan fingerprint density at radius 3 is 2.64 bits per heavy atom. The van der Waals surface area contributed by atoms with Gasteiger partial charge in [0.25, 0.3) is 0 Å². The lowest BCUT2D eigenvalue weighted by atomic mass is 10.1. The van der Waals surface area contributed by atoms with Crippen molar-refractivity contribution < 1.29 is 9.21 Å². The molecule has 0 aliphatic carbocycles. The van der Waals surface area contributed by atoms with Gasteiger partial charge in [-0.2, -0.15) is 0 Å². The van der Waals surface area contributed by atoms with Crippen LogP contribution >= 0.6 is 11.3 Å². The van der Waals surface area contributed by atoms with Crippen molar-refractivity contribution >= 4 is 17.2 Å². The van der Waals surface area contributed by atoms with Crippen LogP contribution in [0.15, 0.2) is 52.4 Å². The lowest BCUT2D eigenvalue weighted by Gasteiger charge is -2.34. The van der Waals surface area contributed by atoms with Crippen LogP contribution in [0.1, 0.15) is 22.8 Å². The van der Waals surface area contributed by atoms with Gasteiger partial charge < -0.3 is 9.32 Å². The van der Waals surface area contributed by atoms with Crippen LogP contribution in [0.25, 0.3) is 11.3 Å². The molecule has 3 heterocycles. The first-order chi connectivity index (χ1) is 13.7. The summed E-state index contributed by atoms with van der Waals surface area (Å²) >= 11 is 1.79. The van der Waals surface area contributed by atoms with E-state index in [0.29, 0.717) is 18.7 Å². The second-order valence-corrected chi connectivity index (χ2v) is 8.25. The van der Waals surface area contributed by atoms with Crippen molar-refractivity contribution in [2.45, 2.75) is 26.3 Å². The van der Waals surface area contributed by atoms with Crippen LogP contribution in [0.4, 0.5) is 0 Å². The number of hydrogen-bond acceptors (Lipinski definition) is 5. The zero-order valence-electron chi connectivity index (χ0n) is 16.1. The van der Waals surface area contributed by atoms with Crippen molar-refractivity contribution in [2.24, 2.45) is 0 Å². The van der Waals surface area contributed by atoms with Crippen molar-refractivity contribution in [3.63, 3.8) is 0 Å². The van der Waals surface area contributed by atoms with E-state index in [2.05, 4.69) is 46.5 Å². The fraction of sp³-hybridized carbons (Fsp3) is 0.364. The number of rotatable bonds is 6. The second-order valence-electron chi connectivity index (χ2n) is 7.22. The van der Waals surface area contributed by atoms with Crippen LogP contribution < -0.4 is 0 Å². The molecule has 0 radical (unpaired) electrons. The summed E-state index contributed by atoms with van der Waals surface area (Å²) in [5.41, 5.74) is 2.22. The van der Waals surface area contributed by atoms with Crippen LogP contribution in [0, 0.1) is 6.92 Å². The van der Waals surface area contributed by atoms with Gasteiger partial charge in [-0.05, 0) is 18.4 Å². The quantitative estimate of drug-likeness (QED) is 0.633. The summed E-state index contributed by atoms with van der Waals surface area (Å²) in [5.74, 6) is 1.57. The maximum Gasteiger partial charge on any atom is 0.223 e. The average Bonchev–Trinajstić information content (AvgIpc) is 3.39. The molecule has 0 bridgehead atoms. The van der Waals surface area contributed by atoms with E-state index in [1.54, 1.807) is 17.5 Å². The molecule has 1 aliphatic rings. The first kappa shape index (κ1) is 18.9. The number of carbonyl (C=O) groups is 1. The van der Waals surface area contributed by atoms with Crippen LogP contribution in [0.2, 0.25) is 0 Å². The number of nitrogens with zero attached hydrogens (tertiary/aromatic N) is 3. The fourth-order valence-electron chi connectivity index (χ4n) is 3.43. The molecule has 6 heteroatoms. The van der Waals surface area contributed by atoms with Gasteiger partial charge in [0, 0.05) is 56.0 Å². The molecular weight excluding hydrogens is 370 g/mol. The number of piperazine rings is 1. The molecule has 1 fully saturated rings. The maximum atomic E-state index is 12.5. The summed E-state index contributed by atoms with van der Waals surface area (Å²) in [5, 5.41) is 2.11. The van der Waals surface area contributed by atoms with Crippen LogP contribution in [-0.2, 0) is 17.8 Å². The number of thiophene rings is 1. The highest BCUT2D eigenvalue weighted by Crippen LogP contribution is 2.21. The molecule has 146 valence electrons. The van der Waals surface area contributed by atoms with Crippen LogP contribution in [0.3, 0.4) is 0 Å². The minimum absolute atomic E-state index is 0.186. The Morgan fingerprint density at radius 1 is 1.14 bits per heavy atom. The molecule has 0 atom stereocenters. The molecule has 1 amide bonds. The predicted molar refractivity (Wildman–Crippen MR) is 111 cm³/mol. The summed E-state index contributed by atoms with van der Waals surface area (Å²) in [6, 6.07) is 12.4. The van der Waals surface area contributed by atoms with Gasteiger partial charge in [0.2, 0.25) is 5.91 Å². The summed E-state index contributed by atoms with van der Waals surface area (Å²) in [6.07, 6.45) is 2.73. The summed E-state index contributed by atoms with van der Waals surface area (Å²) < 4.78 is 5.83. The Kier molecular flexibility index (Phi) is 5.88. The number of amides is 1. The van der Waals surface area contributed by atoms with Crippen molar-refractivity contribution in [1.29, 1.82) is 0 Å². The van der Waals surface area contributed by atoms with E-state index >= 15 is 0 Å². The molecule has 28 heavy (non-hydrogen) atoms. The molecule has 0 unspecified atom stereocenters. The number of oxazole rings is 1. The summed E-state index contributed by atoms with van der Waals surface area (Å²) in [7, 11) is 0. The minimum Gasteiger partial charge on any atom is -0.441 e. The van der Waals surface area contributed by atoms with Crippen molar-refractivity contribution in [3.8, 4) is 11.3 Å². The summed E-state index contributed by atoms with van der Waals surface area (Å²) in [4.78, 5) is 22.7. The normalized spacial score (nSPS) is 15.1. The highest BCUT2D eigenvalue weighted by Gasteiger charge is 2.21. The number of aryl methyl sites for hydroxylation is 2. The minimum atomic E-state index is 0.186. The van der Waals surface area contributed by atoms with E-state index in [4.69, 9.17) is 4.42 Å². The van der Waals surface area contributed by atoms with Crippen molar-refractivity contribution in [2.75, 3.05) is 26.2 Å². The van der Waals surface area contributed by atoms with E-state index in [1.165, 1.54) is 10.4 Å². The zero-order chi connectivity index (χ0) is 19.3. The van der Waals surface area contributed by atoms with Gasteiger partial charge in [0.15, 0.2) is 11.7 Å². The molecule has 3 aromatic rings. The standard InChI is InChI=1S/C22H25N3O2S/c1-17-4-6-18(7-5-17)20-15-23-21(27-20)8-9-22(26)25-12-10-24(11-13-25)16-19-3-2-14-28-19/h2-7,14-15H,8-13,16H2,1H3. The number of aromatic nitrogens is 1. The second kappa shape index (κ2) is 8.71. The number of benzene rings is 1. The predicted octanol–water partition coefficient (Wildman–Crippen LogP) is 3.99. The average molecular weight is 396 g/mol. The molecular formula is C22H25N3O2S. The molecule has 2 aromatic heterocycles. The monoisotopic (exact) mass is 395 g/mol. The van der Waals surface area contributed by atoms with Gasteiger partial charge in [-0.1, -0.05) is 35.9 Å². The molecule has 1 saturated heterocycles. The number of carbonyl (C=O) groups excluding carboxylic acids is 1. The Balaban J connectivity index is 1.24. The molecule has 0 spiro atoms. The molecule has 0 N–H and O–H groups in total. The first-order valence-electron chi connectivity index (χ1n) is 9.71. The molecule has 4 rings (SSSR count). The van der Waals surface area contributed by atoms with Gasteiger partial charge in [0.1, 0.15) is 0 Å². The van der Waals surface area contributed by atoms with E-state index < -0.39 is 0 Å². The van der Waals surface area contributed by atoms with Crippen molar-refractivity contribution in [3.05, 3.63) is 64.3 Å². The van der Waals surface area contributed by atoms with Gasteiger partial charge in [0.05, 0.1) is 6.20 Å². The Bertz CT molecular complexity index is 894. The van der Waals surface area contributed by atoms with Gasteiger partial charge in [-0.25, -0.2) is 4.98 Å².